The van der Waals surface area contributed by atoms with Gasteiger partial charge in [0.1, 0.15) is 11.4 Å². The number of rotatable bonds is 1. The van der Waals surface area contributed by atoms with Crippen molar-refractivity contribution >= 4 is 17.6 Å². The quantitative estimate of drug-likeness (QED) is 0.837. The van der Waals surface area contributed by atoms with E-state index in [1.807, 2.05) is 0 Å². The van der Waals surface area contributed by atoms with Crippen LogP contribution in [0.25, 0.3) is 0 Å². The monoisotopic (exact) mass is 255 g/mol. The Bertz CT molecular complexity index is 469. The molecule has 0 aliphatic heterocycles. The van der Waals surface area contributed by atoms with Gasteiger partial charge in [-0.1, -0.05) is 0 Å². The van der Waals surface area contributed by atoms with E-state index in [-0.39, 0.29) is 17.2 Å². The van der Waals surface area contributed by atoms with Crippen molar-refractivity contribution in [3.05, 3.63) is 17.6 Å². The van der Waals surface area contributed by atoms with Crippen LogP contribution in [0.2, 0.25) is 0 Å². The highest BCUT2D eigenvalue weighted by molar-refractivity contribution is 5.88. The van der Waals surface area contributed by atoms with Crippen molar-refractivity contribution in [2.45, 2.75) is 33.3 Å². The van der Waals surface area contributed by atoms with E-state index in [9.17, 15) is 9.18 Å². The summed E-state index contributed by atoms with van der Waals surface area (Å²) in [6.07, 6.45) is -0.647. The molecule has 0 saturated carbocycles. The molecule has 1 aromatic rings. The highest BCUT2D eigenvalue weighted by Crippen LogP contribution is 2.23. The molecular formula is C12H18FN3O2. The molecule has 1 aromatic heterocycles. The maximum atomic E-state index is 13.9. The van der Waals surface area contributed by atoms with Crippen molar-refractivity contribution in [1.82, 2.24) is 4.98 Å². The fourth-order valence-corrected chi connectivity index (χ4v) is 1.34. The molecule has 0 unspecified atom stereocenters. The number of carbonyl (C=O) groups is 1. The second-order valence-corrected chi connectivity index (χ2v) is 5.00. The summed E-state index contributed by atoms with van der Waals surface area (Å²) < 4.78 is 19.0. The summed E-state index contributed by atoms with van der Waals surface area (Å²) in [4.78, 5) is 16.7. The number of hydrogen-bond donors (Lipinski definition) is 1. The van der Waals surface area contributed by atoms with Crippen LogP contribution in [0.4, 0.5) is 20.7 Å². The molecule has 1 amide bonds. The number of nitrogens with two attached hydrogens (primary N) is 1. The van der Waals surface area contributed by atoms with E-state index in [0.29, 0.717) is 0 Å². The molecule has 1 heterocycles. The van der Waals surface area contributed by atoms with Gasteiger partial charge in [0.25, 0.3) is 0 Å². The van der Waals surface area contributed by atoms with E-state index < -0.39 is 17.5 Å². The van der Waals surface area contributed by atoms with Gasteiger partial charge in [-0.3, -0.25) is 4.90 Å². The number of amides is 1. The zero-order chi connectivity index (χ0) is 14.1. The van der Waals surface area contributed by atoms with Crippen molar-refractivity contribution in [1.29, 1.82) is 0 Å². The van der Waals surface area contributed by atoms with Crippen LogP contribution < -0.4 is 10.6 Å². The van der Waals surface area contributed by atoms with Crippen molar-refractivity contribution in [3.63, 3.8) is 0 Å². The number of halogens is 1. The zero-order valence-corrected chi connectivity index (χ0v) is 11.2. The first-order valence-electron chi connectivity index (χ1n) is 5.51. The summed E-state index contributed by atoms with van der Waals surface area (Å²) in [6.45, 7) is 6.70. The Balaban J connectivity index is 3.04. The van der Waals surface area contributed by atoms with Crippen LogP contribution >= 0.6 is 0 Å². The predicted molar refractivity (Wildman–Crippen MR) is 68.0 cm³/mol. The minimum absolute atomic E-state index is 0.0502. The first-order valence-corrected chi connectivity index (χ1v) is 5.51. The SMILES string of the molecule is Cc1nc(N)cc(N(C)C(=O)OC(C)(C)C)c1F. The number of hydrogen-bond acceptors (Lipinski definition) is 4. The lowest BCUT2D eigenvalue weighted by Crippen LogP contribution is -2.34. The van der Waals surface area contributed by atoms with Crippen molar-refractivity contribution in [2.24, 2.45) is 0 Å². The molecule has 1 rings (SSSR count). The van der Waals surface area contributed by atoms with E-state index in [1.165, 1.54) is 20.0 Å². The Morgan fingerprint density at radius 3 is 2.56 bits per heavy atom. The van der Waals surface area contributed by atoms with Gasteiger partial charge < -0.3 is 10.5 Å². The molecule has 0 aliphatic carbocycles. The Hall–Kier alpha value is -1.85. The average molecular weight is 255 g/mol. The third-order valence-corrected chi connectivity index (χ3v) is 2.15. The molecule has 5 nitrogen and oxygen atoms in total. The van der Waals surface area contributed by atoms with Crippen LogP contribution in [-0.4, -0.2) is 23.7 Å². The zero-order valence-electron chi connectivity index (χ0n) is 11.2. The number of aromatic nitrogens is 1. The van der Waals surface area contributed by atoms with E-state index in [4.69, 9.17) is 10.5 Å². The molecule has 0 fully saturated rings. The van der Waals surface area contributed by atoms with Crippen molar-refractivity contribution < 1.29 is 13.9 Å². The van der Waals surface area contributed by atoms with Crippen molar-refractivity contribution in [2.75, 3.05) is 17.7 Å². The molecule has 0 aromatic carbocycles. The highest BCUT2D eigenvalue weighted by atomic mass is 19.1. The first-order chi connectivity index (χ1) is 8.11. The summed E-state index contributed by atoms with van der Waals surface area (Å²) in [5.41, 5.74) is 5.08. The molecule has 0 bridgehead atoms. The molecule has 6 heteroatoms. The normalized spacial score (nSPS) is 11.2. The highest BCUT2D eigenvalue weighted by Gasteiger charge is 2.23. The van der Waals surface area contributed by atoms with Gasteiger partial charge in [-0.05, 0) is 27.7 Å². The first kappa shape index (κ1) is 14.2. The Labute approximate surface area is 106 Å². The van der Waals surface area contributed by atoms with Gasteiger partial charge in [-0.25, -0.2) is 14.2 Å². The maximum Gasteiger partial charge on any atom is 0.414 e. The Morgan fingerprint density at radius 2 is 2.06 bits per heavy atom. The molecule has 0 aliphatic rings. The lowest BCUT2D eigenvalue weighted by Gasteiger charge is -2.25. The lowest BCUT2D eigenvalue weighted by atomic mass is 10.2. The van der Waals surface area contributed by atoms with Gasteiger partial charge >= 0.3 is 6.09 Å². The van der Waals surface area contributed by atoms with Crippen molar-refractivity contribution in [3.8, 4) is 0 Å². The summed E-state index contributed by atoms with van der Waals surface area (Å²) in [6, 6.07) is 1.30. The topological polar surface area (TPSA) is 68.5 Å². The van der Waals surface area contributed by atoms with E-state index >= 15 is 0 Å². The number of nitrogen functional groups attached to an aromatic ring is 1. The molecule has 100 valence electrons. The average Bonchev–Trinajstić information content (AvgIpc) is 2.19. The Kier molecular flexibility index (Phi) is 3.79. The number of pyridine rings is 1. The van der Waals surface area contributed by atoms with E-state index in [1.54, 1.807) is 20.8 Å². The molecule has 0 atom stereocenters. The lowest BCUT2D eigenvalue weighted by molar-refractivity contribution is 0.0588. The summed E-state index contributed by atoms with van der Waals surface area (Å²) >= 11 is 0. The largest absolute Gasteiger partial charge is 0.443 e. The van der Waals surface area contributed by atoms with Gasteiger partial charge in [0.2, 0.25) is 0 Å². The van der Waals surface area contributed by atoms with E-state index in [2.05, 4.69) is 4.98 Å². The second kappa shape index (κ2) is 4.80. The van der Waals surface area contributed by atoms with Gasteiger partial charge in [0.05, 0.1) is 11.4 Å². The molecule has 0 saturated heterocycles. The van der Waals surface area contributed by atoms with Crippen LogP contribution in [0, 0.1) is 12.7 Å². The smallest absolute Gasteiger partial charge is 0.414 e. The molecule has 18 heavy (non-hydrogen) atoms. The van der Waals surface area contributed by atoms with Crippen LogP contribution in [0.15, 0.2) is 6.07 Å². The summed E-state index contributed by atoms with van der Waals surface area (Å²) in [7, 11) is 1.42. The van der Waals surface area contributed by atoms with Crippen LogP contribution in [0.3, 0.4) is 0 Å². The number of ether oxygens (including phenoxy) is 1. The van der Waals surface area contributed by atoms with Gasteiger partial charge in [-0.2, -0.15) is 0 Å². The molecule has 2 N–H and O–H groups in total. The second-order valence-electron chi connectivity index (χ2n) is 5.00. The summed E-state index contributed by atoms with van der Waals surface area (Å²) in [5.74, 6) is -0.433. The predicted octanol–water partition coefficient (Wildman–Crippen LogP) is 2.48. The van der Waals surface area contributed by atoms with Crippen LogP contribution in [0.5, 0.6) is 0 Å². The number of anilines is 2. The minimum atomic E-state index is -0.647. The number of nitrogens with zero attached hydrogens (tertiary/aromatic N) is 2. The number of aryl methyl sites for hydroxylation is 1. The number of carbonyl (C=O) groups excluding carboxylic acids is 1. The van der Waals surface area contributed by atoms with Crippen LogP contribution in [0.1, 0.15) is 26.5 Å². The minimum Gasteiger partial charge on any atom is -0.443 e. The van der Waals surface area contributed by atoms with Gasteiger partial charge in [-0.15, -0.1) is 0 Å². The maximum absolute atomic E-state index is 13.9. The Morgan fingerprint density at radius 1 is 1.50 bits per heavy atom. The fraction of sp³-hybridized carbons (Fsp3) is 0.500. The molecular weight excluding hydrogens is 237 g/mol. The fourth-order valence-electron chi connectivity index (χ4n) is 1.34. The summed E-state index contributed by atoms with van der Waals surface area (Å²) in [5, 5.41) is 0. The molecule has 0 radical (unpaired) electrons. The van der Waals surface area contributed by atoms with Gasteiger partial charge in [0, 0.05) is 13.1 Å². The molecule has 0 spiro atoms. The van der Waals surface area contributed by atoms with E-state index in [0.717, 1.165) is 4.90 Å². The third kappa shape index (κ3) is 3.32. The van der Waals surface area contributed by atoms with Gasteiger partial charge in [0.15, 0.2) is 5.82 Å². The standard InChI is InChI=1S/C12H18FN3O2/c1-7-10(13)8(6-9(14)15-7)16(5)11(17)18-12(2,3)4/h6H,1-5H3,(H2,14,15). The van der Waals surface area contributed by atoms with Crippen LogP contribution in [-0.2, 0) is 4.74 Å². The third-order valence-electron chi connectivity index (χ3n) is 2.15.